The van der Waals surface area contributed by atoms with Gasteiger partial charge < -0.3 is 10.1 Å². The fraction of sp³-hybridized carbons (Fsp3) is 0.188. The van der Waals surface area contributed by atoms with E-state index in [1.54, 1.807) is 24.4 Å². The number of ether oxygens (including phenoxy) is 1. The minimum Gasteiger partial charge on any atom is -0.489 e. The Balaban J connectivity index is 1.85. The van der Waals surface area contributed by atoms with Crippen LogP contribution in [0.15, 0.2) is 36.7 Å². The molecular weight excluding hydrogens is 316 g/mol. The van der Waals surface area contributed by atoms with Crippen molar-refractivity contribution in [3.63, 3.8) is 0 Å². The maximum atomic E-state index is 12.4. The number of carbonyl (C=O) groups is 1. The van der Waals surface area contributed by atoms with Crippen LogP contribution in [0.5, 0.6) is 5.75 Å². The molecule has 0 fully saturated rings. The van der Waals surface area contributed by atoms with Gasteiger partial charge in [-0.1, -0.05) is 17.7 Å². The first kappa shape index (κ1) is 15.3. The topological polar surface area (TPSA) is 79.9 Å². The summed E-state index contributed by atoms with van der Waals surface area (Å²) in [7, 11) is 0. The van der Waals surface area contributed by atoms with Crippen LogP contribution in [0.3, 0.4) is 0 Å². The van der Waals surface area contributed by atoms with E-state index in [0.29, 0.717) is 27.7 Å². The summed E-state index contributed by atoms with van der Waals surface area (Å²) in [5.74, 6) is 0.644. The quantitative estimate of drug-likeness (QED) is 0.765. The smallest absolute Gasteiger partial charge is 0.258 e. The molecule has 118 valence electrons. The number of anilines is 1. The van der Waals surface area contributed by atoms with Crippen LogP contribution >= 0.6 is 11.6 Å². The summed E-state index contributed by atoms with van der Waals surface area (Å²) >= 11 is 6.08. The third-order valence-corrected chi connectivity index (χ3v) is 3.44. The van der Waals surface area contributed by atoms with Gasteiger partial charge in [0.15, 0.2) is 5.82 Å². The number of pyridine rings is 1. The van der Waals surface area contributed by atoms with Crippen LogP contribution in [0, 0.1) is 0 Å². The average molecular weight is 331 g/mol. The number of amides is 1. The summed E-state index contributed by atoms with van der Waals surface area (Å²) in [6.07, 6.45) is 3.05. The van der Waals surface area contributed by atoms with Crippen molar-refractivity contribution in [3.05, 3.63) is 47.2 Å². The first-order chi connectivity index (χ1) is 11.0. The third kappa shape index (κ3) is 3.27. The second-order valence-corrected chi connectivity index (χ2v) is 5.67. The maximum absolute atomic E-state index is 12.4. The predicted octanol–water partition coefficient (Wildman–Crippen LogP) is 3.65. The number of aromatic amines is 1. The van der Waals surface area contributed by atoms with Gasteiger partial charge in [-0.15, -0.1) is 0 Å². The molecule has 2 aromatic heterocycles. The molecule has 0 saturated heterocycles. The van der Waals surface area contributed by atoms with E-state index in [0.717, 1.165) is 5.39 Å². The van der Waals surface area contributed by atoms with Crippen molar-refractivity contribution in [3.8, 4) is 5.75 Å². The molecule has 0 bridgehead atoms. The van der Waals surface area contributed by atoms with E-state index in [1.165, 1.54) is 6.20 Å². The number of para-hydroxylation sites is 1. The fourth-order valence-corrected chi connectivity index (χ4v) is 2.38. The standard InChI is InChI=1S/C16H15ClN4O2/c1-9(2)23-11-6-10(7-18-8-11)16(22)19-15-12-4-3-5-13(17)14(12)20-21-15/h3-9H,1-2H3,(H2,19,20,21,22). The van der Waals surface area contributed by atoms with E-state index < -0.39 is 0 Å². The molecule has 2 N–H and O–H groups in total. The molecule has 0 radical (unpaired) electrons. The number of nitrogens with zero attached hydrogens (tertiary/aromatic N) is 2. The molecule has 3 rings (SSSR count). The van der Waals surface area contributed by atoms with Gasteiger partial charge in [-0.2, -0.15) is 5.10 Å². The Bertz CT molecular complexity index is 860. The van der Waals surface area contributed by atoms with Crippen molar-refractivity contribution in [2.45, 2.75) is 20.0 Å². The van der Waals surface area contributed by atoms with Gasteiger partial charge in [0.2, 0.25) is 0 Å². The molecule has 0 aliphatic rings. The highest BCUT2D eigenvalue weighted by molar-refractivity contribution is 6.35. The summed E-state index contributed by atoms with van der Waals surface area (Å²) in [4.78, 5) is 16.4. The highest BCUT2D eigenvalue weighted by Crippen LogP contribution is 2.26. The molecule has 3 aromatic rings. The summed E-state index contributed by atoms with van der Waals surface area (Å²) < 4.78 is 5.54. The van der Waals surface area contributed by atoms with Crippen LogP contribution in [0.4, 0.5) is 5.82 Å². The molecular formula is C16H15ClN4O2. The van der Waals surface area contributed by atoms with Crippen molar-refractivity contribution in [1.82, 2.24) is 15.2 Å². The minimum absolute atomic E-state index is 0.00698. The van der Waals surface area contributed by atoms with Gasteiger partial charge >= 0.3 is 0 Å². The second kappa shape index (κ2) is 6.26. The number of carbonyl (C=O) groups excluding carboxylic acids is 1. The van der Waals surface area contributed by atoms with Crippen molar-refractivity contribution in [2.24, 2.45) is 0 Å². The SMILES string of the molecule is CC(C)Oc1cncc(C(=O)Nc2n[nH]c3c(Cl)cccc23)c1. The zero-order valence-corrected chi connectivity index (χ0v) is 13.4. The van der Waals surface area contributed by atoms with Crippen molar-refractivity contribution >= 4 is 34.2 Å². The van der Waals surface area contributed by atoms with E-state index >= 15 is 0 Å². The first-order valence-electron chi connectivity index (χ1n) is 7.10. The van der Waals surface area contributed by atoms with Gasteiger partial charge in [0.25, 0.3) is 5.91 Å². The molecule has 0 atom stereocenters. The van der Waals surface area contributed by atoms with Crippen molar-refractivity contribution in [2.75, 3.05) is 5.32 Å². The van der Waals surface area contributed by atoms with Crippen molar-refractivity contribution < 1.29 is 9.53 Å². The van der Waals surface area contributed by atoms with Crippen LogP contribution in [0.1, 0.15) is 24.2 Å². The van der Waals surface area contributed by atoms with E-state index in [1.807, 2.05) is 19.9 Å². The Morgan fingerprint density at radius 1 is 1.35 bits per heavy atom. The summed E-state index contributed by atoms with van der Waals surface area (Å²) in [5, 5.41) is 11.0. The van der Waals surface area contributed by atoms with Gasteiger partial charge in [-0.3, -0.25) is 14.9 Å². The van der Waals surface area contributed by atoms with E-state index in [9.17, 15) is 4.79 Å². The number of halogens is 1. The number of H-pyrrole nitrogens is 1. The Morgan fingerprint density at radius 3 is 2.96 bits per heavy atom. The van der Waals surface area contributed by atoms with Gasteiger partial charge in [-0.25, -0.2) is 0 Å². The van der Waals surface area contributed by atoms with E-state index in [-0.39, 0.29) is 12.0 Å². The van der Waals surface area contributed by atoms with Gasteiger partial charge in [-0.05, 0) is 32.0 Å². The van der Waals surface area contributed by atoms with Crippen LogP contribution < -0.4 is 10.1 Å². The lowest BCUT2D eigenvalue weighted by Gasteiger charge is -2.10. The monoisotopic (exact) mass is 330 g/mol. The molecule has 0 unspecified atom stereocenters. The predicted molar refractivity (Wildman–Crippen MR) is 89.1 cm³/mol. The first-order valence-corrected chi connectivity index (χ1v) is 7.48. The maximum Gasteiger partial charge on any atom is 0.258 e. The molecule has 6 nitrogen and oxygen atoms in total. The number of fused-ring (bicyclic) bond motifs is 1. The molecule has 0 aliphatic carbocycles. The Labute approximate surface area is 137 Å². The molecule has 7 heteroatoms. The van der Waals surface area contributed by atoms with Crippen LogP contribution in [0.25, 0.3) is 10.9 Å². The lowest BCUT2D eigenvalue weighted by Crippen LogP contribution is -2.13. The largest absolute Gasteiger partial charge is 0.489 e. The van der Waals surface area contributed by atoms with Gasteiger partial charge in [0.05, 0.1) is 28.4 Å². The average Bonchev–Trinajstić information content (AvgIpc) is 2.91. The van der Waals surface area contributed by atoms with E-state index in [2.05, 4.69) is 20.5 Å². The number of hydrogen-bond acceptors (Lipinski definition) is 4. The van der Waals surface area contributed by atoms with E-state index in [4.69, 9.17) is 16.3 Å². The highest BCUT2D eigenvalue weighted by Gasteiger charge is 2.13. The third-order valence-electron chi connectivity index (χ3n) is 3.13. The Hall–Kier alpha value is -2.60. The molecule has 0 spiro atoms. The number of rotatable bonds is 4. The van der Waals surface area contributed by atoms with Gasteiger partial charge in [0, 0.05) is 11.6 Å². The lowest BCUT2D eigenvalue weighted by atomic mass is 10.2. The van der Waals surface area contributed by atoms with Crippen LogP contribution in [-0.2, 0) is 0 Å². The summed E-state index contributed by atoms with van der Waals surface area (Å²) in [6, 6.07) is 7.03. The lowest BCUT2D eigenvalue weighted by molar-refractivity contribution is 0.102. The molecule has 1 amide bonds. The van der Waals surface area contributed by atoms with Crippen LogP contribution in [0.2, 0.25) is 5.02 Å². The molecule has 2 heterocycles. The fourth-order valence-electron chi connectivity index (χ4n) is 2.16. The normalized spacial score (nSPS) is 11.0. The molecule has 1 aromatic carbocycles. The van der Waals surface area contributed by atoms with Crippen molar-refractivity contribution in [1.29, 1.82) is 0 Å². The zero-order chi connectivity index (χ0) is 16.4. The number of nitrogens with one attached hydrogen (secondary N) is 2. The summed E-state index contributed by atoms with van der Waals surface area (Å²) in [5.41, 5.74) is 1.07. The molecule has 23 heavy (non-hydrogen) atoms. The summed E-state index contributed by atoms with van der Waals surface area (Å²) in [6.45, 7) is 3.82. The van der Waals surface area contributed by atoms with Gasteiger partial charge in [0.1, 0.15) is 5.75 Å². The second-order valence-electron chi connectivity index (χ2n) is 5.26. The molecule has 0 saturated carbocycles. The Kier molecular flexibility index (Phi) is 4.16. The molecule has 0 aliphatic heterocycles. The minimum atomic E-state index is -0.319. The number of aromatic nitrogens is 3. The Morgan fingerprint density at radius 2 is 2.17 bits per heavy atom. The van der Waals surface area contributed by atoms with Crippen LogP contribution in [-0.4, -0.2) is 27.2 Å². The zero-order valence-electron chi connectivity index (χ0n) is 12.6. The highest BCUT2D eigenvalue weighted by atomic mass is 35.5. The number of hydrogen-bond donors (Lipinski definition) is 2. The number of benzene rings is 1.